The van der Waals surface area contributed by atoms with Crippen LogP contribution in [0.4, 0.5) is 13.6 Å². The molecule has 1 aromatic carbocycles. The van der Waals surface area contributed by atoms with Crippen LogP contribution in [0.15, 0.2) is 18.2 Å². The molecule has 1 aliphatic rings. The Morgan fingerprint density at radius 3 is 2.91 bits per heavy atom. The number of amides is 3. The van der Waals surface area contributed by atoms with Crippen LogP contribution in [-0.2, 0) is 4.79 Å². The van der Waals surface area contributed by atoms with Gasteiger partial charge in [-0.1, -0.05) is 6.07 Å². The molecule has 2 atom stereocenters. The van der Waals surface area contributed by atoms with Crippen molar-refractivity contribution in [3.63, 3.8) is 0 Å². The van der Waals surface area contributed by atoms with Gasteiger partial charge in [0.1, 0.15) is 17.7 Å². The number of hydrogen-bond donors (Lipinski definition) is 4. The predicted octanol–water partition coefficient (Wildman–Crippen LogP) is 0.966. The van der Waals surface area contributed by atoms with Crippen molar-refractivity contribution in [3.8, 4) is 0 Å². The number of aliphatic hydroxyl groups excluding tert-OH is 1. The van der Waals surface area contributed by atoms with E-state index < -0.39 is 29.8 Å². The molecule has 1 aromatic rings. The Balaban J connectivity index is 1.84. The van der Waals surface area contributed by atoms with Crippen molar-refractivity contribution in [3.05, 3.63) is 35.4 Å². The minimum absolute atomic E-state index is 0.112. The first-order chi connectivity index (χ1) is 11.0. The first-order valence-corrected chi connectivity index (χ1v) is 7.42. The molecule has 8 heteroatoms. The second-order valence-corrected chi connectivity index (χ2v) is 5.38. The number of halogens is 2. The zero-order chi connectivity index (χ0) is 16.8. The molecule has 0 aromatic heterocycles. The fourth-order valence-electron chi connectivity index (χ4n) is 2.36. The number of nitrogens with one attached hydrogen (secondary N) is 3. The summed E-state index contributed by atoms with van der Waals surface area (Å²) in [6.45, 7) is 0.323. The summed E-state index contributed by atoms with van der Waals surface area (Å²) >= 11 is 0. The highest BCUT2D eigenvalue weighted by atomic mass is 19.1. The zero-order valence-electron chi connectivity index (χ0n) is 12.4. The first-order valence-electron chi connectivity index (χ1n) is 7.42. The van der Waals surface area contributed by atoms with E-state index in [-0.39, 0.29) is 18.0 Å². The van der Waals surface area contributed by atoms with Gasteiger partial charge in [-0.05, 0) is 25.3 Å². The fourth-order valence-corrected chi connectivity index (χ4v) is 2.36. The maximum atomic E-state index is 13.5. The second-order valence-electron chi connectivity index (χ2n) is 5.38. The Hall–Kier alpha value is -2.22. The highest BCUT2D eigenvalue weighted by Crippen LogP contribution is 2.17. The maximum Gasteiger partial charge on any atom is 0.315 e. The van der Waals surface area contributed by atoms with Crippen LogP contribution in [0, 0.1) is 11.6 Å². The van der Waals surface area contributed by atoms with E-state index in [4.69, 9.17) is 0 Å². The average Bonchev–Trinajstić information content (AvgIpc) is 2.70. The lowest BCUT2D eigenvalue weighted by Gasteiger charge is -2.17. The van der Waals surface area contributed by atoms with Gasteiger partial charge in [-0.15, -0.1) is 0 Å². The van der Waals surface area contributed by atoms with Gasteiger partial charge in [-0.3, -0.25) is 4.79 Å². The number of aliphatic hydroxyl groups is 1. The van der Waals surface area contributed by atoms with Crippen molar-refractivity contribution >= 4 is 11.9 Å². The fraction of sp³-hybridized carbons (Fsp3) is 0.467. The molecule has 0 saturated carbocycles. The number of carbonyl (C=O) groups is 2. The molecular formula is C15H19F2N3O3. The summed E-state index contributed by atoms with van der Waals surface area (Å²) in [5, 5.41) is 17.4. The van der Waals surface area contributed by atoms with Crippen molar-refractivity contribution in [2.75, 3.05) is 13.1 Å². The molecule has 126 valence electrons. The van der Waals surface area contributed by atoms with Gasteiger partial charge in [-0.25, -0.2) is 13.6 Å². The van der Waals surface area contributed by atoms with E-state index in [1.54, 1.807) is 0 Å². The minimum atomic E-state index is -1.32. The number of hydrogen-bond acceptors (Lipinski definition) is 3. The normalized spacial score (nSPS) is 19.4. The predicted molar refractivity (Wildman–Crippen MR) is 78.5 cm³/mol. The molecule has 1 heterocycles. The van der Waals surface area contributed by atoms with Gasteiger partial charge in [0.05, 0.1) is 6.10 Å². The van der Waals surface area contributed by atoms with E-state index in [2.05, 4.69) is 16.0 Å². The molecule has 6 nitrogen and oxygen atoms in total. The summed E-state index contributed by atoms with van der Waals surface area (Å²) in [4.78, 5) is 23.5. The van der Waals surface area contributed by atoms with Gasteiger partial charge in [0.2, 0.25) is 5.91 Å². The van der Waals surface area contributed by atoms with Gasteiger partial charge in [0.25, 0.3) is 0 Å². The number of urea groups is 1. The smallest absolute Gasteiger partial charge is 0.315 e. The Morgan fingerprint density at radius 2 is 2.17 bits per heavy atom. The molecular weight excluding hydrogens is 308 g/mol. The summed E-state index contributed by atoms with van der Waals surface area (Å²) in [7, 11) is 0. The van der Waals surface area contributed by atoms with Gasteiger partial charge in [0.15, 0.2) is 0 Å². The molecule has 0 aliphatic carbocycles. The van der Waals surface area contributed by atoms with E-state index in [0.29, 0.717) is 19.0 Å². The van der Waals surface area contributed by atoms with Crippen molar-refractivity contribution in [1.29, 1.82) is 0 Å². The van der Waals surface area contributed by atoms with Gasteiger partial charge >= 0.3 is 6.03 Å². The topological polar surface area (TPSA) is 90.5 Å². The van der Waals surface area contributed by atoms with Crippen LogP contribution in [0.1, 0.15) is 30.9 Å². The van der Waals surface area contributed by atoms with E-state index in [1.165, 1.54) is 0 Å². The average molecular weight is 327 g/mol. The molecule has 1 fully saturated rings. The van der Waals surface area contributed by atoms with Gasteiger partial charge in [-0.2, -0.15) is 0 Å². The SMILES string of the molecule is O=C(NC[C@@H](O)c1ccc(F)cc1F)N[C@H]1CCCCNC1=O. The van der Waals surface area contributed by atoms with Gasteiger partial charge < -0.3 is 21.1 Å². The van der Waals surface area contributed by atoms with Gasteiger partial charge in [0, 0.05) is 24.7 Å². The largest absolute Gasteiger partial charge is 0.386 e. The third-order valence-electron chi connectivity index (χ3n) is 3.62. The van der Waals surface area contributed by atoms with E-state index >= 15 is 0 Å². The highest BCUT2D eigenvalue weighted by Gasteiger charge is 2.22. The summed E-state index contributed by atoms with van der Waals surface area (Å²) in [5.41, 5.74) is -0.112. The third kappa shape index (κ3) is 4.88. The van der Waals surface area contributed by atoms with Crippen LogP contribution in [-0.4, -0.2) is 36.2 Å². The lowest BCUT2D eigenvalue weighted by Crippen LogP contribution is -2.49. The van der Waals surface area contributed by atoms with Crippen LogP contribution >= 0.6 is 0 Å². The quantitative estimate of drug-likeness (QED) is 0.664. The second kappa shape index (κ2) is 7.87. The molecule has 0 radical (unpaired) electrons. The van der Waals surface area contributed by atoms with Crippen molar-refractivity contribution < 1.29 is 23.5 Å². The Labute approximate surface area is 132 Å². The van der Waals surface area contributed by atoms with Crippen LogP contribution in [0.3, 0.4) is 0 Å². The van der Waals surface area contributed by atoms with Crippen molar-refractivity contribution in [1.82, 2.24) is 16.0 Å². The maximum absolute atomic E-state index is 13.5. The van der Waals surface area contributed by atoms with E-state index in [9.17, 15) is 23.5 Å². The molecule has 0 bridgehead atoms. The molecule has 3 amide bonds. The van der Waals surface area contributed by atoms with Crippen LogP contribution in [0.25, 0.3) is 0 Å². The summed E-state index contributed by atoms with van der Waals surface area (Å²) in [5.74, 6) is -1.88. The van der Waals surface area contributed by atoms with Crippen molar-refractivity contribution in [2.45, 2.75) is 31.4 Å². The van der Waals surface area contributed by atoms with Crippen molar-refractivity contribution in [2.24, 2.45) is 0 Å². The summed E-state index contributed by atoms with van der Waals surface area (Å²) in [6, 6.07) is 1.55. The Kier molecular flexibility index (Phi) is 5.86. The number of carbonyl (C=O) groups excluding carboxylic acids is 2. The molecule has 1 saturated heterocycles. The molecule has 1 aliphatic heterocycles. The minimum Gasteiger partial charge on any atom is -0.386 e. The molecule has 0 spiro atoms. The number of rotatable bonds is 4. The summed E-state index contributed by atoms with van der Waals surface area (Å²) in [6.07, 6.45) is 0.889. The Morgan fingerprint density at radius 1 is 1.39 bits per heavy atom. The Bertz CT molecular complexity index is 583. The molecule has 23 heavy (non-hydrogen) atoms. The summed E-state index contributed by atoms with van der Waals surface area (Å²) < 4.78 is 26.3. The molecule has 0 unspecified atom stereocenters. The van der Waals surface area contributed by atoms with E-state index in [1.807, 2.05) is 0 Å². The third-order valence-corrected chi connectivity index (χ3v) is 3.62. The van der Waals surface area contributed by atoms with Crippen LogP contribution in [0.2, 0.25) is 0 Å². The lowest BCUT2D eigenvalue weighted by atomic mass is 10.1. The standard InChI is InChI=1S/C15H19F2N3O3/c16-9-4-5-10(11(17)7-9)13(21)8-19-15(23)20-12-3-1-2-6-18-14(12)22/h4-5,7,12-13,21H,1-3,6,8H2,(H,18,22)(H2,19,20,23)/t12-,13+/m0/s1. The van der Waals surface area contributed by atoms with E-state index in [0.717, 1.165) is 25.0 Å². The monoisotopic (exact) mass is 327 g/mol. The molecule has 2 rings (SSSR count). The molecule has 4 N–H and O–H groups in total. The lowest BCUT2D eigenvalue weighted by molar-refractivity contribution is -0.122. The van der Waals surface area contributed by atoms with Crippen LogP contribution in [0.5, 0.6) is 0 Å². The first kappa shape index (κ1) is 17.1. The zero-order valence-corrected chi connectivity index (χ0v) is 12.4. The highest BCUT2D eigenvalue weighted by molar-refractivity contribution is 5.87. The number of benzene rings is 1. The van der Waals surface area contributed by atoms with Crippen LogP contribution < -0.4 is 16.0 Å².